The van der Waals surface area contributed by atoms with Gasteiger partial charge in [0.15, 0.2) is 0 Å². The van der Waals surface area contributed by atoms with Gasteiger partial charge in [-0.1, -0.05) is 0 Å². The summed E-state index contributed by atoms with van der Waals surface area (Å²) in [5, 5.41) is 3.37. The Balaban J connectivity index is 1.48. The van der Waals surface area contributed by atoms with Crippen LogP contribution in [0.1, 0.15) is 32.1 Å². The van der Waals surface area contributed by atoms with Crippen molar-refractivity contribution in [3.05, 3.63) is 0 Å². The second-order valence-electron chi connectivity index (χ2n) is 6.12. The smallest absolute Gasteiger partial charge is 0.224 e. The molecule has 0 radical (unpaired) electrons. The molecule has 0 aromatic rings. The van der Waals surface area contributed by atoms with Gasteiger partial charge >= 0.3 is 0 Å². The van der Waals surface area contributed by atoms with Crippen molar-refractivity contribution >= 4 is 5.91 Å². The summed E-state index contributed by atoms with van der Waals surface area (Å²) in [5.74, 6) is 1.92. The van der Waals surface area contributed by atoms with Gasteiger partial charge in [-0.05, 0) is 37.5 Å². The van der Waals surface area contributed by atoms with Crippen molar-refractivity contribution in [1.29, 1.82) is 0 Å². The average molecular weight is 252 g/mol. The maximum absolute atomic E-state index is 12.4. The SMILES string of the molecule is O=C(CC1COCCN1)N(CC1CC1)CC1CC1. The van der Waals surface area contributed by atoms with E-state index in [-0.39, 0.29) is 6.04 Å². The number of hydrogen-bond acceptors (Lipinski definition) is 3. The first-order chi connectivity index (χ1) is 8.81. The highest BCUT2D eigenvalue weighted by molar-refractivity contribution is 5.77. The van der Waals surface area contributed by atoms with Crippen LogP contribution in [0.15, 0.2) is 0 Å². The Morgan fingerprint density at radius 2 is 1.83 bits per heavy atom. The van der Waals surface area contributed by atoms with E-state index >= 15 is 0 Å². The second kappa shape index (κ2) is 5.57. The summed E-state index contributed by atoms with van der Waals surface area (Å²) >= 11 is 0. The van der Waals surface area contributed by atoms with Gasteiger partial charge in [0.2, 0.25) is 5.91 Å². The van der Waals surface area contributed by atoms with Crippen LogP contribution in [0.4, 0.5) is 0 Å². The molecule has 1 aliphatic heterocycles. The summed E-state index contributed by atoms with van der Waals surface area (Å²) in [7, 11) is 0. The van der Waals surface area contributed by atoms with Gasteiger partial charge in [-0.25, -0.2) is 0 Å². The summed E-state index contributed by atoms with van der Waals surface area (Å²) in [4.78, 5) is 14.5. The van der Waals surface area contributed by atoms with Gasteiger partial charge in [-0.3, -0.25) is 4.79 Å². The number of amides is 1. The van der Waals surface area contributed by atoms with E-state index in [1.807, 2.05) is 0 Å². The first-order valence-corrected chi connectivity index (χ1v) is 7.40. The highest BCUT2D eigenvalue weighted by Crippen LogP contribution is 2.34. The van der Waals surface area contributed by atoms with Crippen LogP contribution in [0, 0.1) is 11.8 Å². The zero-order valence-corrected chi connectivity index (χ0v) is 11.1. The molecule has 2 aliphatic carbocycles. The second-order valence-corrected chi connectivity index (χ2v) is 6.12. The van der Waals surface area contributed by atoms with Crippen LogP contribution in [0.3, 0.4) is 0 Å². The van der Waals surface area contributed by atoms with Crippen LogP contribution in [0.5, 0.6) is 0 Å². The minimum absolute atomic E-state index is 0.229. The summed E-state index contributed by atoms with van der Waals surface area (Å²) in [6.45, 7) is 4.35. The third-order valence-electron chi connectivity index (χ3n) is 4.12. The number of morpholine rings is 1. The Hall–Kier alpha value is -0.610. The molecule has 3 fully saturated rings. The average Bonchev–Trinajstić information content (AvgIpc) is 3.24. The van der Waals surface area contributed by atoms with E-state index in [2.05, 4.69) is 10.2 Å². The van der Waals surface area contributed by atoms with Gasteiger partial charge in [0.25, 0.3) is 0 Å². The molecule has 2 saturated carbocycles. The third-order valence-corrected chi connectivity index (χ3v) is 4.12. The first-order valence-electron chi connectivity index (χ1n) is 7.40. The minimum Gasteiger partial charge on any atom is -0.378 e. The number of ether oxygens (including phenoxy) is 1. The van der Waals surface area contributed by atoms with Crippen LogP contribution in [0.25, 0.3) is 0 Å². The van der Waals surface area contributed by atoms with Crippen molar-refractivity contribution in [2.75, 3.05) is 32.8 Å². The molecule has 102 valence electrons. The molecule has 3 aliphatic rings. The maximum atomic E-state index is 12.4. The molecule has 1 amide bonds. The van der Waals surface area contributed by atoms with Gasteiger partial charge in [-0.15, -0.1) is 0 Å². The lowest BCUT2D eigenvalue weighted by Gasteiger charge is -2.28. The van der Waals surface area contributed by atoms with Crippen LogP contribution in [-0.2, 0) is 9.53 Å². The molecule has 0 aromatic heterocycles. The number of carbonyl (C=O) groups is 1. The van der Waals surface area contributed by atoms with Crippen molar-refractivity contribution < 1.29 is 9.53 Å². The maximum Gasteiger partial charge on any atom is 0.224 e. The zero-order valence-electron chi connectivity index (χ0n) is 11.1. The quantitative estimate of drug-likeness (QED) is 0.767. The van der Waals surface area contributed by atoms with Crippen molar-refractivity contribution in [3.63, 3.8) is 0 Å². The molecule has 4 nitrogen and oxygen atoms in total. The first kappa shape index (κ1) is 12.4. The van der Waals surface area contributed by atoms with Crippen molar-refractivity contribution in [2.24, 2.45) is 11.8 Å². The minimum atomic E-state index is 0.229. The molecule has 1 unspecified atom stereocenters. The molecular weight excluding hydrogens is 228 g/mol. The number of rotatable bonds is 6. The normalized spacial score (nSPS) is 28.1. The lowest BCUT2D eigenvalue weighted by Crippen LogP contribution is -2.45. The topological polar surface area (TPSA) is 41.6 Å². The fourth-order valence-electron chi connectivity index (χ4n) is 2.59. The van der Waals surface area contributed by atoms with E-state index < -0.39 is 0 Å². The van der Waals surface area contributed by atoms with E-state index in [1.165, 1.54) is 25.7 Å². The van der Waals surface area contributed by atoms with E-state index in [1.54, 1.807) is 0 Å². The van der Waals surface area contributed by atoms with Crippen LogP contribution >= 0.6 is 0 Å². The summed E-state index contributed by atoms with van der Waals surface area (Å²) in [5.41, 5.74) is 0. The number of nitrogens with zero attached hydrogens (tertiary/aromatic N) is 1. The highest BCUT2D eigenvalue weighted by atomic mass is 16.5. The lowest BCUT2D eigenvalue weighted by atomic mass is 10.1. The van der Waals surface area contributed by atoms with E-state index in [0.717, 1.165) is 38.1 Å². The number of carbonyl (C=O) groups excluding carboxylic acids is 1. The Morgan fingerprint density at radius 1 is 1.17 bits per heavy atom. The monoisotopic (exact) mass is 252 g/mol. The number of hydrogen-bond donors (Lipinski definition) is 1. The third kappa shape index (κ3) is 3.69. The van der Waals surface area contributed by atoms with E-state index in [4.69, 9.17) is 4.74 Å². The van der Waals surface area contributed by atoms with E-state index in [9.17, 15) is 4.79 Å². The number of nitrogens with one attached hydrogen (secondary N) is 1. The van der Waals surface area contributed by atoms with Crippen LogP contribution < -0.4 is 5.32 Å². The molecule has 18 heavy (non-hydrogen) atoms. The molecule has 3 rings (SSSR count). The Kier molecular flexibility index (Phi) is 3.85. The molecule has 1 heterocycles. The Labute approximate surface area is 109 Å². The fraction of sp³-hybridized carbons (Fsp3) is 0.929. The van der Waals surface area contributed by atoms with Gasteiger partial charge < -0.3 is 15.0 Å². The standard InChI is InChI=1S/C14H24N2O2/c17-14(7-13-10-18-6-5-15-13)16(8-11-1-2-11)9-12-3-4-12/h11-13,15H,1-10H2. The zero-order chi connectivity index (χ0) is 12.4. The summed E-state index contributed by atoms with van der Waals surface area (Å²) < 4.78 is 5.42. The van der Waals surface area contributed by atoms with E-state index in [0.29, 0.717) is 18.9 Å². The van der Waals surface area contributed by atoms with Gasteiger partial charge in [0.1, 0.15) is 0 Å². The molecular formula is C14H24N2O2. The lowest BCUT2D eigenvalue weighted by molar-refractivity contribution is -0.133. The molecule has 0 spiro atoms. The molecule has 4 heteroatoms. The largest absolute Gasteiger partial charge is 0.378 e. The molecule has 0 aromatic carbocycles. The fourth-order valence-corrected chi connectivity index (χ4v) is 2.59. The highest BCUT2D eigenvalue weighted by Gasteiger charge is 2.32. The Morgan fingerprint density at radius 3 is 2.33 bits per heavy atom. The van der Waals surface area contributed by atoms with Gasteiger partial charge in [0, 0.05) is 32.1 Å². The summed E-state index contributed by atoms with van der Waals surface area (Å²) in [6, 6.07) is 0.229. The predicted octanol–water partition coefficient (Wildman–Crippen LogP) is 1.01. The summed E-state index contributed by atoms with van der Waals surface area (Å²) in [6.07, 6.45) is 5.89. The van der Waals surface area contributed by atoms with Crippen molar-refractivity contribution in [2.45, 2.75) is 38.1 Å². The molecule has 1 saturated heterocycles. The van der Waals surface area contributed by atoms with Gasteiger partial charge in [0.05, 0.1) is 13.2 Å². The van der Waals surface area contributed by atoms with Crippen molar-refractivity contribution in [3.8, 4) is 0 Å². The molecule has 0 bridgehead atoms. The molecule has 1 N–H and O–H groups in total. The van der Waals surface area contributed by atoms with Crippen molar-refractivity contribution in [1.82, 2.24) is 10.2 Å². The van der Waals surface area contributed by atoms with Crippen LogP contribution in [-0.4, -0.2) is 49.7 Å². The van der Waals surface area contributed by atoms with Gasteiger partial charge in [-0.2, -0.15) is 0 Å². The Bertz CT molecular complexity index is 280. The molecule has 1 atom stereocenters. The van der Waals surface area contributed by atoms with Crippen LogP contribution in [0.2, 0.25) is 0 Å². The predicted molar refractivity (Wildman–Crippen MR) is 69.3 cm³/mol.